The molecule has 0 aromatic heterocycles. The van der Waals surface area contributed by atoms with Crippen LogP contribution >= 0.6 is 15.9 Å². The first kappa shape index (κ1) is 14.0. The van der Waals surface area contributed by atoms with E-state index in [-0.39, 0.29) is 0 Å². The number of aryl methyl sites for hydroxylation is 1. The Morgan fingerprint density at radius 3 is 2.89 bits per heavy atom. The Morgan fingerprint density at radius 1 is 1.44 bits per heavy atom. The summed E-state index contributed by atoms with van der Waals surface area (Å²) < 4.78 is 1.20. The van der Waals surface area contributed by atoms with Gasteiger partial charge in [-0.2, -0.15) is 0 Å². The van der Waals surface area contributed by atoms with Crippen LogP contribution in [-0.2, 0) is 6.54 Å². The molecule has 2 nitrogen and oxygen atoms in total. The largest absolute Gasteiger partial charge is 0.315 e. The standard InChI is InChI=1S/C15H23BrN2/c1-3-8-18(14-6-7-17-10-14)11-13-4-5-15(16)12(2)9-13/h4-5,9,14,17H,3,6-8,10-11H2,1-2H3. The van der Waals surface area contributed by atoms with Crippen LogP contribution in [0.3, 0.4) is 0 Å². The van der Waals surface area contributed by atoms with E-state index in [1.165, 1.54) is 41.5 Å². The molecule has 1 aliphatic rings. The zero-order valence-electron chi connectivity index (χ0n) is 11.4. The molecule has 1 fully saturated rings. The molecule has 3 heteroatoms. The minimum atomic E-state index is 0.717. The van der Waals surface area contributed by atoms with Crippen LogP contribution in [0.2, 0.25) is 0 Å². The Kier molecular flexibility index (Phi) is 5.22. The number of rotatable bonds is 5. The molecule has 1 atom stereocenters. The lowest BCUT2D eigenvalue weighted by atomic mass is 10.1. The minimum Gasteiger partial charge on any atom is -0.315 e. The lowest BCUT2D eigenvalue weighted by Crippen LogP contribution is -2.36. The molecule has 1 N–H and O–H groups in total. The van der Waals surface area contributed by atoms with Gasteiger partial charge in [0, 0.05) is 23.6 Å². The molecule has 0 saturated carbocycles. The van der Waals surface area contributed by atoms with Gasteiger partial charge in [-0.3, -0.25) is 4.90 Å². The summed E-state index contributed by atoms with van der Waals surface area (Å²) in [5.41, 5.74) is 2.75. The van der Waals surface area contributed by atoms with Gasteiger partial charge in [0.2, 0.25) is 0 Å². The predicted molar refractivity (Wildman–Crippen MR) is 80.9 cm³/mol. The highest BCUT2D eigenvalue weighted by atomic mass is 79.9. The van der Waals surface area contributed by atoms with E-state index in [0.717, 1.165) is 13.1 Å². The first-order chi connectivity index (χ1) is 8.70. The Labute approximate surface area is 119 Å². The van der Waals surface area contributed by atoms with Crippen LogP contribution in [0.15, 0.2) is 22.7 Å². The van der Waals surface area contributed by atoms with E-state index in [0.29, 0.717) is 6.04 Å². The third-order valence-corrected chi connectivity index (χ3v) is 4.56. The van der Waals surface area contributed by atoms with Gasteiger partial charge >= 0.3 is 0 Å². The van der Waals surface area contributed by atoms with Crippen LogP contribution in [-0.4, -0.2) is 30.6 Å². The van der Waals surface area contributed by atoms with Crippen molar-refractivity contribution in [2.75, 3.05) is 19.6 Å². The third kappa shape index (κ3) is 3.56. The van der Waals surface area contributed by atoms with E-state index >= 15 is 0 Å². The molecule has 0 amide bonds. The number of nitrogens with zero attached hydrogens (tertiary/aromatic N) is 1. The summed E-state index contributed by atoms with van der Waals surface area (Å²) in [4.78, 5) is 2.63. The maximum absolute atomic E-state index is 3.57. The maximum atomic E-state index is 3.57. The monoisotopic (exact) mass is 310 g/mol. The average Bonchev–Trinajstić information content (AvgIpc) is 2.87. The number of nitrogens with one attached hydrogen (secondary N) is 1. The molecule has 1 aromatic rings. The average molecular weight is 311 g/mol. The number of benzene rings is 1. The molecule has 0 spiro atoms. The van der Waals surface area contributed by atoms with E-state index in [1.807, 2.05) is 0 Å². The van der Waals surface area contributed by atoms with Crippen LogP contribution in [0.1, 0.15) is 30.9 Å². The Hall–Kier alpha value is -0.380. The van der Waals surface area contributed by atoms with Crippen LogP contribution in [0.4, 0.5) is 0 Å². The zero-order valence-corrected chi connectivity index (χ0v) is 13.0. The molecule has 1 unspecified atom stereocenters. The predicted octanol–water partition coefficient (Wildman–Crippen LogP) is 3.33. The fourth-order valence-corrected chi connectivity index (χ4v) is 2.92. The highest BCUT2D eigenvalue weighted by molar-refractivity contribution is 9.10. The van der Waals surface area contributed by atoms with Crippen molar-refractivity contribution in [2.45, 2.75) is 39.3 Å². The van der Waals surface area contributed by atoms with Crippen LogP contribution in [0.5, 0.6) is 0 Å². The summed E-state index contributed by atoms with van der Waals surface area (Å²) in [5.74, 6) is 0. The lowest BCUT2D eigenvalue weighted by Gasteiger charge is -2.28. The van der Waals surface area contributed by atoms with Gasteiger partial charge in [-0.25, -0.2) is 0 Å². The summed E-state index contributed by atoms with van der Waals surface area (Å²) in [6.07, 6.45) is 2.52. The molecular weight excluding hydrogens is 288 g/mol. The summed E-state index contributed by atoms with van der Waals surface area (Å²) >= 11 is 3.57. The van der Waals surface area contributed by atoms with E-state index in [4.69, 9.17) is 0 Å². The fourth-order valence-electron chi connectivity index (χ4n) is 2.67. The minimum absolute atomic E-state index is 0.717. The lowest BCUT2D eigenvalue weighted by molar-refractivity contribution is 0.199. The molecule has 0 radical (unpaired) electrons. The first-order valence-corrected chi connectivity index (χ1v) is 7.69. The molecular formula is C15H23BrN2. The Balaban J connectivity index is 2.04. The van der Waals surface area contributed by atoms with Gasteiger partial charge in [0.1, 0.15) is 0 Å². The van der Waals surface area contributed by atoms with Gasteiger partial charge in [-0.1, -0.05) is 35.0 Å². The molecule has 100 valence electrons. The van der Waals surface area contributed by atoms with Crippen molar-refractivity contribution >= 4 is 15.9 Å². The highest BCUT2D eigenvalue weighted by Crippen LogP contribution is 2.20. The molecule has 18 heavy (non-hydrogen) atoms. The summed E-state index contributed by atoms with van der Waals surface area (Å²) in [5, 5.41) is 3.47. The molecule has 0 aliphatic carbocycles. The molecule has 1 aliphatic heterocycles. The van der Waals surface area contributed by atoms with E-state index in [9.17, 15) is 0 Å². The number of hydrogen-bond acceptors (Lipinski definition) is 2. The molecule has 2 rings (SSSR count). The third-order valence-electron chi connectivity index (χ3n) is 3.67. The van der Waals surface area contributed by atoms with Crippen molar-refractivity contribution in [3.05, 3.63) is 33.8 Å². The van der Waals surface area contributed by atoms with Crippen molar-refractivity contribution in [1.29, 1.82) is 0 Å². The van der Waals surface area contributed by atoms with Gasteiger partial charge in [0.25, 0.3) is 0 Å². The molecule has 1 aromatic carbocycles. The second-order valence-corrected chi connectivity index (χ2v) is 6.05. The van der Waals surface area contributed by atoms with Crippen molar-refractivity contribution in [1.82, 2.24) is 10.2 Å². The number of halogens is 1. The van der Waals surface area contributed by atoms with Gasteiger partial charge in [-0.15, -0.1) is 0 Å². The van der Waals surface area contributed by atoms with E-state index in [2.05, 4.69) is 58.2 Å². The van der Waals surface area contributed by atoms with Gasteiger partial charge in [0.05, 0.1) is 0 Å². The summed E-state index contributed by atoms with van der Waals surface area (Å²) in [6.45, 7) is 9.02. The Morgan fingerprint density at radius 2 is 2.28 bits per heavy atom. The van der Waals surface area contributed by atoms with Crippen molar-refractivity contribution in [3.8, 4) is 0 Å². The van der Waals surface area contributed by atoms with E-state index < -0.39 is 0 Å². The Bertz CT molecular complexity index is 386. The van der Waals surface area contributed by atoms with Gasteiger partial charge in [-0.05, 0) is 50.0 Å². The molecule has 1 saturated heterocycles. The maximum Gasteiger partial charge on any atom is 0.0237 e. The van der Waals surface area contributed by atoms with Crippen molar-refractivity contribution in [2.24, 2.45) is 0 Å². The smallest absolute Gasteiger partial charge is 0.0237 e. The first-order valence-electron chi connectivity index (χ1n) is 6.90. The van der Waals surface area contributed by atoms with Gasteiger partial charge in [0.15, 0.2) is 0 Å². The number of hydrogen-bond donors (Lipinski definition) is 1. The second-order valence-electron chi connectivity index (χ2n) is 5.20. The zero-order chi connectivity index (χ0) is 13.0. The molecule has 1 heterocycles. The summed E-state index contributed by atoms with van der Waals surface area (Å²) in [7, 11) is 0. The highest BCUT2D eigenvalue weighted by Gasteiger charge is 2.21. The van der Waals surface area contributed by atoms with Crippen molar-refractivity contribution < 1.29 is 0 Å². The van der Waals surface area contributed by atoms with Crippen LogP contribution in [0, 0.1) is 6.92 Å². The quantitative estimate of drug-likeness (QED) is 0.897. The fraction of sp³-hybridized carbons (Fsp3) is 0.600. The summed E-state index contributed by atoms with van der Waals surface area (Å²) in [6, 6.07) is 7.42. The van der Waals surface area contributed by atoms with Crippen LogP contribution in [0.25, 0.3) is 0 Å². The molecule has 0 bridgehead atoms. The normalized spacial score (nSPS) is 19.7. The van der Waals surface area contributed by atoms with Gasteiger partial charge < -0.3 is 5.32 Å². The SMILES string of the molecule is CCCN(Cc1ccc(Br)c(C)c1)C1CCNC1. The van der Waals surface area contributed by atoms with Crippen molar-refractivity contribution in [3.63, 3.8) is 0 Å². The second kappa shape index (κ2) is 6.69. The van der Waals surface area contributed by atoms with Crippen LogP contribution < -0.4 is 5.32 Å². The topological polar surface area (TPSA) is 15.3 Å². The van der Waals surface area contributed by atoms with E-state index in [1.54, 1.807) is 0 Å².